The van der Waals surface area contributed by atoms with E-state index in [4.69, 9.17) is 10.00 Å². The first-order valence-corrected chi connectivity index (χ1v) is 11.0. The topological polar surface area (TPSA) is 77.4 Å². The van der Waals surface area contributed by atoms with Gasteiger partial charge in [-0.05, 0) is 41.2 Å². The molecule has 0 aromatic heterocycles. The van der Waals surface area contributed by atoms with Crippen molar-refractivity contribution < 1.29 is 9.53 Å². The van der Waals surface area contributed by atoms with E-state index in [2.05, 4.69) is 65.8 Å². The maximum absolute atomic E-state index is 12.2. The minimum Gasteiger partial charge on any atom is -0.369 e. The normalized spacial score (nSPS) is 14.8. The molecule has 1 aliphatic heterocycles. The first kappa shape index (κ1) is 22.8. The third kappa shape index (κ3) is 6.81. The van der Waals surface area contributed by atoms with Gasteiger partial charge in [0.15, 0.2) is 0 Å². The maximum atomic E-state index is 12.2. The van der Waals surface area contributed by atoms with Gasteiger partial charge in [0.25, 0.3) is 0 Å². The first-order chi connectivity index (χ1) is 15.1. The second-order valence-corrected chi connectivity index (χ2v) is 8.29. The number of piperazine rings is 1. The molecule has 1 heterocycles. The van der Waals surface area contributed by atoms with Crippen molar-refractivity contribution in [3.63, 3.8) is 0 Å². The molecule has 1 aliphatic rings. The third-order valence-electron chi connectivity index (χ3n) is 5.41. The average molecular weight is 421 g/mol. The van der Waals surface area contributed by atoms with Crippen LogP contribution in [0.1, 0.15) is 25.8 Å². The minimum atomic E-state index is -0.550. The molecule has 3 rings (SSSR count). The van der Waals surface area contributed by atoms with Gasteiger partial charge >= 0.3 is 0 Å². The van der Waals surface area contributed by atoms with Crippen LogP contribution in [-0.2, 0) is 16.1 Å². The number of anilines is 1. The van der Waals surface area contributed by atoms with Crippen LogP contribution in [-0.4, -0.2) is 44.7 Å². The zero-order valence-electron chi connectivity index (χ0n) is 18.4. The van der Waals surface area contributed by atoms with E-state index < -0.39 is 6.10 Å². The van der Waals surface area contributed by atoms with Crippen molar-refractivity contribution in [1.29, 1.82) is 5.26 Å². The molecular weight excluding hydrogens is 388 g/mol. The molecule has 0 bridgehead atoms. The van der Waals surface area contributed by atoms with E-state index in [0.717, 1.165) is 37.3 Å². The Morgan fingerprint density at radius 3 is 2.29 bits per heavy atom. The van der Waals surface area contributed by atoms with E-state index in [1.165, 1.54) is 11.3 Å². The number of hydrogen-bond donors (Lipinski definition) is 2. The summed E-state index contributed by atoms with van der Waals surface area (Å²) < 4.78 is 5.89. The van der Waals surface area contributed by atoms with Crippen molar-refractivity contribution in [3.8, 4) is 17.2 Å². The number of amides is 1. The molecule has 0 saturated carbocycles. The summed E-state index contributed by atoms with van der Waals surface area (Å²) in [6, 6.07) is 18.9. The predicted octanol–water partition coefficient (Wildman–Crippen LogP) is 3.33. The van der Waals surface area contributed by atoms with Crippen LogP contribution in [0.2, 0.25) is 0 Å². The number of nitriles is 1. The van der Waals surface area contributed by atoms with Crippen molar-refractivity contribution in [2.24, 2.45) is 5.92 Å². The smallest absolute Gasteiger partial charge is 0.249 e. The van der Waals surface area contributed by atoms with Crippen LogP contribution in [0.3, 0.4) is 0 Å². The molecule has 0 spiro atoms. The van der Waals surface area contributed by atoms with Crippen LogP contribution in [0.5, 0.6) is 0 Å². The summed E-state index contributed by atoms with van der Waals surface area (Å²) in [7, 11) is 0. The number of carbonyl (C=O) groups excluding carboxylic acids is 1. The Morgan fingerprint density at radius 2 is 1.71 bits per heavy atom. The molecule has 6 heteroatoms. The number of nitrogens with zero attached hydrogens (tertiary/aromatic N) is 2. The molecule has 2 N–H and O–H groups in total. The molecular formula is C25H32N4O2. The van der Waals surface area contributed by atoms with Crippen molar-refractivity contribution >= 4 is 11.6 Å². The average Bonchev–Trinajstić information content (AvgIpc) is 2.81. The van der Waals surface area contributed by atoms with Crippen LogP contribution in [0.15, 0.2) is 48.5 Å². The van der Waals surface area contributed by atoms with Gasteiger partial charge in [-0.1, -0.05) is 50.2 Å². The largest absolute Gasteiger partial charge is 0.369 e. The fraction of sp³-hybridized carbons (Fsp3) is 0.440. The van der Waals surface area contributed by atoms with Gasteiger partial charge in [0, 0.05) is 31.9 Å². The zero-order chi connectivity index (χ0) is 22.1. The monoisotopic (exact) mass is 420 g/mol. The van der Waals surface area contributed by atoms with Crippen molar-refractivity contribution in [2.45, 2.75) is 33.0 Å². The summed E-state index contributed by atoms with van der Waals surface area (Å²) >= 11 is 0. The molecule has 0 aliphatic carbocycles. The molecule has 31 heavy (non-hydrogen) atoms. The summed E-state index contributed by atoms with van der Waals surface area (Å²) in [5.41, 5.74) is 4.62. The van der Waals surface area contributed by atoms with Crippen LogP contribution in [0.25, 0.3) is 11.1 Å². The fourth-order valence-corrected chi connectivity index (χ4v) is 3.70. The third-order valence-corrected chi connectivity index (χ3v) is 5.41. The van der Waals surface area contributed by atoms with E-state index in [1.807, 2.05) is 18.2 Å². The lowest BCUT2D eigenvalue weighted by Crippen LogP contribution is -2.43. The summed E-state index contributed by atoms with van der Waals surface area (Å²) in [4.78, 5) is 14.6. The Bertz CT molecular complexity index is 866. The number of benzene rings is 2. The van der Waals surface area contributed by atoms with Gasteiger partial charge in [0.2, 0.25) is 5.91 Å². The number of nitrogens with one attached hydrogen (secondary N) is 2. The second-order valence-electron chi connectivity index (χ2n) is 8.29. The molecule has 0 radical (unpaired) electrons. The van der Waals surface area contributed by atoms with Gasteiger partial charge in [-0.25, -0.2) is 0 Å². The second kappa shape index (κ2) is 11.5. The summed E-state index contributed by atoms with van der Waals surface area (Å²) in [5, 5.41) is 14.7. The van der Waals surface area contributed by atoms with Gasteiger partial charge in [-0.15, -0.1) is 0 Å². The molecule has 1 unspecified atom stereocenters. The summed E-state index contributed by atoms with van der Waals surface area (Å²) in [5.74, 6) is 0.0980. The van der Waals surface area contributed by atoms with Gasteiger partial charge in [-0.3, -0.25) is 4.79 Å². The summed E-state index contributed by atoms with van der Waals surface area (Å²) in [6.07, 6.45) is 0.0694. The lowest BCUT2D eigenvalue weighted by atomic mass is 10.0. The van der Waals surface area contributed by atoms with E-state index in [0.29, 0.717) is 18.9 Å². The number of hydrogen-bond acceptors (Lipinski definition) is 5. The minimum absolute atomic E-state index is 0.00107. The Kier molecular flexibility index (Phi) is 8.45. The highest BCUT2D eigenvalue weighted by Gasteiger charge is 2.20. The molecule has 164 valence electrons. The van der Waals surface area contributed by atoms with Crippen molar-refractivity contribution in [2.75, 3.05) is 37.6 Å². The van der Waals surface area contributed by atoms with E-state index in [1.54, 1.807) is 0 Å². The van der Waals surface area contributed by atoms with Crippen LogP contribution >= 0.6 is 0 Å². The SMILES string of the molecule is CC(C)CC(OCc1ccc(-c2ccc(N3CCNCC3)cc2)cc1)C(=O)NCC#N. The van der Waals surface area contributed by atoms with Crippen LogP contribution < -0.4 is 15.5 Å². The van der Waals surface area contributed by atoms with Gasteiger partial charge in [0.1, 0.15) is 12.6 Å². The molecule has 1 fully saturated rings. The Morgan fingerprint density at radius 1 is 1.10 bits per heavy atom. The maximum Gasteiger partial charge on any atom is 0.249 e. The molecule has 1 amide bonds. The van der Waals surface area contributed by atoms with E-state index in [9.17, 15) is 4.79 Å². The highest BCUT2D eigenvalue weighted by atomic mass is 16.5. The number of rotatable bonds is 9. The zero-order valence-corrected chi connectivity index (χ0v) is 18.4. The predicted molar refractivity (Wildman–Crippen MR) is 124 cm³/mol. The van der Waals surface area contributed by atoms with Crippen molar-refractivity contribution in [3.05, 3.63) is 54.1 Å². The highest BCUT2D eigenvalue weighted by molar-refractivity contribution is 5.81. The number of carbonyl (C=O) groups is 1. The standard InChI is InChI=1S/C25H32N4O2/c1-19(2)17-24(25(30)28-12-11-26)31-18-20-3-5-21(6-4-20)22-7-9-23(10-8-22)29-15-13-27-14-16-29/h3-10,19,24,27H,12-18H2,1-2H3,(H,28,30). The Balaban J connectivity index is 1.58. The molecule has 1 saturated heterocycles. The summed E-state index contributed by atoms with van der Waals surface area (Å²) in [6.45, 7) is 8.61. The van der Waals surface area contributed by atoms with E-state index in [-0.39, 0.29) is 12.5 Å². The van der Waals surface area contributed by atoms with Crippen LogP contribution in [0.4, 0.5) is 5.69 Å². The van der Waals surface area contributed by atoms with Gasteiger partial charge in [0.05, 0.1) is 12.7 Å². The van der Waals surface area contributed by atoms with Gasteiger partial charge < -0.3 is 20.3 Å². The lowest BCUT2D eigenvalue weighted by Gasteiger charge is -2.29. The van der Waals surface area contributed by atoms with Gasteiger partial charge in [-0.2, -0.15) is 5.26 Å². The number of ether oxygens (including phenoxy) is 1. The highest BCUT2D eigenvalue weighted by Crippen LogP contribution is 2.24. The lowest BCUT2D eigenvalue weighted by molar-refractivity contribution is -0.134. The van der Waals surface area contributed by atoms with Crippen LogP contribution in [0, 0.1) is 17.2 Å². The molecule has 2 aromatic rings. The quantitative estimate of drug-likeness (QED) is 0.609. The molecule has 2 aromatic carbocycles. The fourth-order valence-electron chi connectivity index (χ4n) is 3.70. The molecule has 1 atom stereocenters. The first-order valence-electron chi connectivity index (χ1n) is 11.0. The van der Waals surface area contributed by atoms with E-state index >= 15 is 0 Å². The van der Waals surface area contributed by atoms with Crippen molar-refractivity contribution in [1.82, 2.24) is 10.6 Å². The Labute approximate surface area is 185 Å². The Hall–Kier alpha value is -2.88. The molecule has 6 nitrogen and oxygen atoms in total.